The fraction of sp³-hybridized carbons (Fsp3) is 0.538. The van der Waals surface area contributed by atoms with E-state index >= 15 is 0 Å². The molecule has 0 saturated carbocycles. The fourth-order valence-corrected chi connectivity index (χ4v) is 1.73. The molecule has 0 bridgehead atoms. The molecule has 15 heavy (non-hydrogen) atoms. The number of rotatable bonds is 6. The summed E-state index contributed by atoms with van der Waals surface area (Å²) >= 11 is 0. The van der Waals surface area contributed by atoms with E-state index in [0.29, 0.717) is 0 Å². The molecule has 1 rings (SSSR count). The first-order valence-electron chi connectivity index (χ1n) is 5.76. The fourth-order valence-electron chi connectivity index (χ4n) is 1.73. The Morgan fingerprint density at radius 3 is 2.40 bits per heavy atom. The first-order chi connectivity index (χ1) is 7.27. The van der Waals surface area contributed by atoms with Gasteiger partial charge < -0.3 is 10.0 Å². The van der Waals surface area contributed by atoms with E-state index in [9.17, 15) is 5.11 Å². The van der Waals surface area contributed by atoms with Crippen LogP contribution in [0.4, 0.5) is 5.69 Å². The maximum absolute atomic E-state index is 9.77. The van der Waals surface area contributed by atoms with Gasteiger partial charge in [-0.2, -0.15) is 0 Å². The molecule has 0 saturated heterocycles. The molecule has 1 aromatic rings. The lowest BCUT2D eigenvalue weighted by molar-refractivity contribution is 0.169. The standard InChI is InChI=1S/C13H21NO/c1-3-8-13(15)11-14(4-2)12-9-6-5-7-10-12/h5-7,9-10,13,15H,3-4,8,11H2,1-2H3. The van der Waals surface area contributed by atoms with Crippen LogP contribution in [0.3, 0.4) is 0 Å². The Kier molecular flexibility index (Phi) is 5.19. The molecule has 1 N–H and O–H groups in total. The summed E-state index contributed by atoms with van der Waals surface area (Å²) in [5.74, 6) is 0. The summed E-state index contributed by atoms with van der Waals surface area (Å²) in [6, 6.07) is 10.2. The molecule has 2 heteroatoms. The molecule has 1 unspecified atom stereocenters. The van der Waals surface area contributed by atoms with Crippen LogP contribution in [-0.2, 0) is 0 Å². The second-order valence-electron chi connectivity index (χ2n) is 3.82. The number of likely N-dealkylation sites (N-methyl/N-ethyl adjacent to an activating group) is 1. The Bertz CT molecular complexity index is 260. The summed E-state index contributed by atoms with van der Waals surface area (Å²) in [4.78, 5) is 2.21. The van der Waals surface area contributed by atoms with Crippen LogP contribution in [0.25, 0.3) is 0 Å². The molecule has 1 aromatic carbocycles. The maximum atomic E-state index is 9.77. The largest absolute Gasteiger partial charge is 0.391 e. The van der Waals surface area contributed by atoms with Gasteiger partial charge in [-0.1, -0.05) is 31.5 Å². The minimum absolute atomic E-state index is 0.213. The summed E-state index contributed by atoms with van der Waals surface area (Å²) < 4.78 is 0. The summed E-state index contributed by atoms with van der Waals surface area (Å²) in [6.07, 6.45) is 1.70. The van der Waals surface area contributed by atoms with Gasteiger partial charge in [-0.05, 0) is 25.5 Å². The summed E-state index contributed by atoms with van der Waals surface area (Å²) in [6.45, 7) is 5.88. The molecule has 0 spiro atoms. The molecule has 0 aliphatic heterocycles. The third-order valence-electron chi connectivity index (χ3n) is 2.56. The maximum Gasteiger partial charge on any atom is 0.0715 e. The third kappa shape index (κ3) is 3.92. The van der Waals surface area contributed by atoms with E-state index in [1.807, 2.05) is 18.2 Å². The molecule has 0 aliphatic rings. The third-order valence-corrected chi connectivity index (χ3v) is 2.56. The van der Waals surface area contributed by atoms with Crippen LogP contribution in [0.15, 0.2) is 30.3 Å². The van der Waals surface area contributed by atoms with Crippen molar-refractivity contribution in [3.8, 4) is 0 Å². The van der Waals surface area contributed by atoms with E-state index in [1.54, 1.807) is 0 Å². The van der Waals surface area contributed by atoms with Gasteiger partial charge in [-0.25, -0.2) is 0 Å². The second-order valence-corrected chi connectivity index (χ2v) is 3.82. The Hall–Kier alpha value is -1.02. The molecule has 0 radical (unpaired) electrons. The summed E-state index contributed by atoms with van der Waals surface area (Å²) in [5, 5.41) is 9.77. The monoisotopic (exact) mass is 207 g/mol. The molecule has 0 heterocycles. The van der Waals surface area contributed by atoms with Gasteiger partial charge in [0.05, 0.1) is 6.10 Å². The molecule has 0 aliphatic carbocycles. The first-order valence-corrected chi connectivity index (χ1v) is 5.76. The highest BCUT2D eigenvalue weighted by atomic mass is 16.3. The Morgan fingerprint density at radius 2 is 1.87 bits per heavy atom. The zero-order chi connectivity index (χ0) is 11.1. The first kappa shape index (κ1) is 12.1. The number of aliphatic hydroxyl groups is 1. The Labute approximate surface area is 92.5 Å². The zero-order valence-corrected chi connectivity index (χ0v) is 9.69. The van der Waals surface area contributed by atoms with Crippen LogP contribution in [0.1, 0.15) is 26.7 Å². The smallest absolute Gasteiger partial charge is 0.0715 e. The number of hydrogen-bond donors (Lipinski definition) is 1. The highest BCUT2D eigenvalue weighted by Gasteiger charge is 2.09. The zero-order valence-electron chi connectivity index (χ0n) is 9.69. The number of aliphatic hydroxyl groups excluding tert-OH is 1. The number of benzene rings is 1. The van der Waals surface area contributed by atoms with Crippen molar-refractivity contribution in [2.75, 3.05) is 18.0 Å². The van der Waals surface area contributed by atoms with Gasteiger partial charge in [0, 0.05) is 18.8 Å². The quantitative estimate of drug-likeness (QED) is 0.775. The van der Waals surface area contributed by atoms with E-state index in [1.165, 1.54) is 5.69 Å². The summed E-state index contributed by atoms with van der Waals surface area (Å²) in [7, 11) is 0. The Morgan fingerprint density at radius 1 is 1.20 bits per heavy atom. The van der Waals surface area contributed by atoms with Gasteiger partial charge in [-0.3, -0.25) is 0 Å². The van der Waals surface area contributed by atoms with Gasteiger partial charge in [-0.15, -0.1) is 0 Å². The van der Waals surface area contributed by atoms with Crippen molar-refractivity contribution in [1.29, 1.82) is 0 Å². The number of hydrogen-bond acceptors (Lipinski definition) is 2. The van der Waals surface area contributed by atoms with E-state index < -0.39 is 0 Å². The van der Waals surface area contributed by atoms with Crippen molar-refractivity contribution < 1.29 is 5.11 Å². The van der Waals surface area contributed by atoms with Crippen LogP contribution in [-0.4, -0.2) is 24.3 Å². The lowest BCUT2D eigenvalue weighted by Gasteiger charge is -2.25. The lowest BCUT2D eigenvalue weighted by Crippen LogP contribution is -2.32. The van der Waals surface area contributed by atoms with Crippen molar-refractivity contribution in [1.82, 2.24) is 0 Å². The number of anilines is 1. The topological polar surface area (TPSA) is 23.5 Å². The number of nitrogens with zero attached hydrogens (tertiary/aromatic N) is 1. The summed E-state index contributed by atoms with van der Waals surface area (Å²) in [5.41, 5.74) is 1.19. The van der Waals surface area contributed by atoms with Gasteiger partial charge in [0.25, 0.3) is 0 Å². The normalized spacial score (nSPS) is 12.5. The molecular formula is C13H21NO. The molecule has 2 nitrogen and oxygen atoms in total. The van der Waals surface area contributed by atoms with Gasteiger partial charge in [0.1, 0.15) is 0 Å². The van der Waals surface area contributed by atoms with E-state index in [4.69, 9.17) is 0 Å². The van der Waals surface area contributed by atoms with Crippen molar-refractivity contribution in [2.24, 2.45) is 0 Å². The Balaban J connectivity index is 2.56. The van der Waals surface area contributed by atoms with Gasteiger partial charge >= 0.3 is 0 Å². The predicted molar refractivity (Wildman–Crippen MR) is 65.2 cm³/mol. The highest BCUT2D eigenvalue weighted by Crippen LogP contribution is 2.13. The average molecular weight is 207 g/mol. The van der Waals surface area contributed by atoms with E-state index in [0.717, 1.165) is 25.9 Å². The minimum Gasteiger partial charge on any atom is -0.391 e. The molecular weight excluding hydrogens is 186 g/mol. The number of para-hydroxylation sites is 1. The molecule has 0 fully saturated rings. The molecule has 84 valence electrons. The minimum atomic E-state index is -0.213. The van der Waals surface area contributed by atoms with Crippen LogP contribution in [0, 0.1) is 0 Å². The van der Waals surface area contributed by atoms with Gasteiger partial charge in [0.15, 0.2) is 0 Å². The van der Waals surface area contributed by atoms with E-state index in [2.05, 4.69) is 30.9 Å². The van der Waals surface area contributed by atoms with Crippen molar-refractivity contribution in [3.05, 3.63) is 30.3 Å². The van der Waals surface area contributed by atoms with Gasteiger partial charge in [0.2, 0.25) is 0 Å². The van der Waals surface area contributed by atoms with Crippen LogP contribution < -0.4 is 4.90 Å². The van der Waals surface area contributed by atoms with E-state index in [-0.39, 0.29) is 6.10 Å². The molecule has 1 atom stereocenters. The second kappa shape index (κ2) is 6.46. The van der Waals surface area contributed by atoms with Crippen molar-refractivity contribution in [2.45, 2.75) is 32.8 Å². The van der Waals surface area contributed by atoms with Crippen LogP contribution >= 0.6 is 0 Å². The van der Waals surface area contributed by atoms with Crippen molar-refractivity contribution >= 4 is 5.69 Å². The van der Waals surface area contributed by atoms with Crippen molar-refractivity contribution in [3.63, 3.8) is 0 Å². The highest BCUT2D eigenvalue weighted by molar-refractivity contribution is 5.45. The average Bonchev–Trinajstić information content (AvgIpc) is 2.27. The lowest BCUT2D eigenvalue weighted by atomic mass is 10.2. The van der Waals surface area contributed by atoms with Crippen LogP contribution in [0.5, 0.6) is 0 Å². The molecule has 0 amide bonds. The molecule has 0 aromatic heterocycles. The SMILES string of the molecule is CCCC(O)CN(CC)c1ccccc1. The van der Waals surface area contributed by atoms with Crippen LogP contribution in [0.2, 0.25) is 0 Å². The predicted octanol–water partition coefficient (Wildman–Crippen LogP) is 2.67.